The molecule has 1 aromatic rings. The average Bonchev–Trinajstić information content (AvgIpc) is 3.09. The maximum atomic E-state index is 12.4. The predicted molar refractivity (Wildman–Crippen MR) is 87.7 cm³/mol. The second kappa shape index (κ2) is 7.64. The van der Waals surface area contributed by atoms with Gasteiger partial charge in [-0.1, -0.05) is 13.8 Å². The van der Waals surface area contributed by atoms with Crippen molar-refractivity contribution < 1.29 is 14.0 Å². The van der Waals surface area contributed by atoms with Gasteiger partial charge < -0.3 is 14.6 Å². The molecule has 0 unspecified atom stereocenters. The first-order valence-electron chi connectivity index (χ1n) is 8.13. The molecule has 1 saturated heterocycles. The smallest absolute Gasteiger partial charge is 0.225 e. The maximum Gasteiger partial charge on any atom is 0.225 e. The lowest BCUT2D eigenvalue weighted by atomic mass is 10.1. The van der Waals surface area contributed by atoms with Gasteiger partial charge in [-0.2, -0.15) is 0 Å². The van der Waals surface area contributed by atoms with Crippen molar-refractivity contribution in [2.75, 3.05) is 33.7 Å². The summed E-state index contributed by atoms with van der Waals surface area (Å²) in [5.41, 5.74) is 0. The van der Waals surface area contributed by atoms with Crippen LogP contribution in [-0.2, 0) is 9.59 Å². The van der Waals surface area contributed by atoms with Gasteiger partial charge in [-0.25, -0.2) is 0 Å². The van der Waals surface area contributed by atoms with Gasteiger partial charge in [-0.05, 0) is 32.1 Å². The number of hydrogen-bond donors (Lipinski definition) is 1. The van der Waals surface area contributed by atoms with Crippen molar-refractivity contribution in [3.8, 4) is 0 Å². The highest BCUT2D eigenvalue weighted by atomic mass is 16.3. The quantitative estimate of drug-likeness (QED) is 0.826. The number of carbonyl (C=O) groups is 2. The summed E-state index contributed by atoms with van der Waals surface area (Å²) in [4.78, 5) is 28.2. The van der Waals surface area contributed by atoms with E-state index >= 15 is 0 Å². The molecule has 1 aliphatic rings. The summed E-state index contributed by atoms with van der Waals surface area (Å²) >= 11 is 0. The van der Waals surface area contributed by atoms with Crippen LogP contribution in [0.15, 0.2) is 22.8 Å². The molecule has 2 rings (SSSR count). The molecule has 0 bridgehead atoms. The van der Waals surface area contributed by atoms with Crippen molar-refractivity contribution in [2.24, 2.45) is 11.8 Å². The zero-order valence-electron chi connectivity index (χ0n) is 14.4. The number of nitrogens with zero attached hydrogens (tertiary/aromatic N) is 2. The number of furan rings is 1. The monoisotopic (exact) mass is 321 g/mol. The summed E-state index contributed by atoms with van der Waals surface area (Å²) in [7, 11) is 3.89. The van der Waals surface area contributed by atoms with Crippen molar-refractivity contribution >= 4 is 11.8 Å². The Morgan fingerprint density at radius 2 is 2.22 bits per heavy atom. The van der Waals surface area contributed by atoms with Gasteiger partial charge in [0.1, 0.15) is 5.76 Å². The molecule has 0 radical (unpaired) electrons. The molecular weight excluding hydrogens is 294 g/mol. The molecule has 1 N–H and O–H groups in total. The van der Waals surface area contributed by atoms with Crippen LogP contribution in [0, 0.1) is 11.8 Å². The third-order valence-corrected chi connectivity index (χ3v) is 4.14. The molecule has 2 heterocycles. The summed E-state index contributed by atoms with van der Waals surface area (Å²) in [6, 6.07) is 3.73. The SMILES string of the molecule is CC(C)CN1C[C@@H](C(=O)NC[C@H](c2ccco2)N(C)C)CC1=O. The molecule has 1 aromatic heterocycles. The highest BCUT2D eigenvalue weighted by Gasteiger charge is 2.34. The first-order valence-corrected chi connectivity index (χ1v) is 8.13. The zero-order chi connectivity index (χ0) is 17.0. The molecule has 1 aliphatic heterocycles. The molecule has 6 heteroatoms. The van der Waals surface area contributed by atoms with Crippen LogP contribution >= 0.6 is 0 Å². The van der Waals surface area contributed by atoms with E-state index < -0.39 is 0 Å². The van der Waals surface area contributed by atoms with Crippen LogP contribution < -0.4 is 5.32 Å². The molecule has 23 heavy (non-hydrogen) atoms. The molecule has 1 fully saturated rings. The summed E-state index contributed by atoms with van der Waals surface area (Å²) in [5, 5.41) is 2.97. The molecule has 2 atom stereocenters. The Bertz CT molecular complexity index is 525. The molecule has 2 amide bonds. The van der Waals surface area contributed by atoms with E-state index in [1.807, 2.05) is 31.1 Å². The summed E-state index contributed by atoms with van der Waals surface area (Å²) in [6.07, 6.45) is 1.94. The number of likely N-dealkylation sites (N-methyl/N-ethyl adjacent to an activating group) is 1. The number of rotatable bonds is 7. The van der Waals surface area contributed by atoms with Gasteiger partial charge in [0.05, 0.1) is 18.2 Å². The number of carbonyl (C=O) groups excluding carboxylic acids is 2. The summed E-state index contributed by atoms with van der Waals surface area (Å²) in [5.74, 6) is 1.01. The van der Waals surface area contributed by atoms with Crippen LogP contribution in [0.25, 0.3) is 0 Å². The van der Waals surface area contributed by atoms with Gasteiger partial charge in [0, 0.05) is 26.1 Å². The van der Waals surface area contributed by atoms with Crippen LogP contribution in [0.4, 0.5) is 0 Å². The van der Waals surface area contributed by atoms with Gasteiger partial charge in [0.2, 0.25) is 11.8 Å². The van der Waals surface area contributed by atoms with Gasteiger partial charge >= 0.3 is 0 Å². The minimum atomic E-state index is -0.249. The zero-order valence-corrected chi connectivity index (χ0v) is 14.4. The average molecular weight is 321 g/mol. The fourth-order valence-electron chi connectivity index (χ4n) is 2.93. The predicted octanol–water partition coefficient (Wildman–Crippen LogP) is 1.50. The van der Waals surface area contributed by atoms with E-state index in [4.69, 9.17) is 4.42 Å². The fraction of sp³-hybridized carbons (Fsp3) is 0.647. The highest BCUT2D eigenvalue weighted by Crippen LogP contribution is 2.21. The Balaban J connectivity index is 1.88. The Kier molecular flexibility index (Phi) is 5.82. The first-order chi connectivity index (χ1) is 10.9. The molecule has 0 aromatic carbocycles. The Morgan fingerprint density at radius 1 is 1.48 bits per heavy atom. The van der Waals surface area contributed by atoms with Crippen LogP contribution in [0.2, 0.25) is 0 Å². The highest BCUT2D eigenvalue weighted by molar-refractivity contribution is 5.89. The van der Waals surface area contributed by atoms with E-state index in [0.717, 1.165) is 12.3 Å². The lowest BCUT2D eigenvalue weighted by molar-refractivity contribution is -0.129. The minimum absolute atomic E-state index is 0.0159. The maximum absolute atomic E-state index is 12.4. The third kappa shape index (κ3) is 4.58. The number of hydrogen-bond acceptors (Lipinski definition) is 4. The van der Waals surface area contributed by atoms with Crippen molar-refractivity contribution in [3.63, 3.8) is 0 Å². The molecule has 0 saturated carbocycles. The van der Waals surface area contributed by atoms with E-state index in [9.17, 15) is 9.59 Å². The molecule has 6 nitrogen and oxygen atoms in total. The van der Waals surface area contributed by atoms with Crippen molar-refractivity contribution in [2.45, 2.75) is 26.3 Å². The van der Waals surface area contributed by atoms with E-state index in [0.29, 0.717) is 25.4 Å². The lowest BCUT2D eigenvalue weighted by Gasteiger charge is -2.23. The van der Waals surface area contributed by atoms with Crippen molar-refractivity contribution in [1.82, 2.24) is 15.1 Å². The lowest BCUT2D eigenvalue weighted by Crippen LogP contribution is -2.38. The van der Waals surface area contributed by atoms with E-state index in [-0.39, 0.29) is 23.8 Å². The molecule has 0 spiro atoms. The molecular formula is C17H27N3O3. The second-order valence-electron chi connectivity index (χ2n) is 6.83. The van der Waals surface area contributed by atoms with E-state index in [1.165, 1.54) is 0 Å². The number of amides is 2. The Morgan fingerprint density at radius 3 is 2.78 bits per heavy atom. The van der Waals surface area contributed by atoms with Crippen LogP contribution in [0.1, 0.15) is 32.1 Å². The number of nitrogens with one attached hydrogen (secondary N) is 1. The molecule has 128 valence electrons. The van der Waals surface area contributed by atoms with Gasteiger partial charge in [-0.3, -0.25) is 14.5 Å². The van der Waals surface area contributed by atoms with E-state index in [1.54, 1.807) is 11.2 Å². The van der Waals surface area contributed by atoms with Gasteiger partial charge in [0.25, 0.3) is 0 Å². The third-order valence-electron chi connectivity index (χ3n) is 4.14. The minimum Gasteiger partial charge on any atom is -0.468 e. The van der Waals surface area contributed by atoms with Crippen molar-refractivity contribution in [1.29, 1.82) is 0 Å². The van der Waals surface area contributed by atoms with Crippen molar-refractivity contribution in [3.05, 3.63) is 24.2 Å². The van der Waals surface area contributed by atoms with Crippen LogP contribution in [-0.4, -0.2) is 55.3 Å². The summed E-state index contributed by atoms with van der Waals surface area (Å²) in [6.45, 7) is 5.86. The van der Waals surface area contributed by atoms with Crippen LogP contribution in [0.3, 0.4) is 0 Å². The normalized spacial score (nSPS) is 19.7. The standard InChI is InChI=1S/C17H27N3O3/c1-12(2)10-20-11-13(8-16(20)21)17(22)18-9-14(19(3)4)15-6-5-7-23-15/h5-7,12-14H,8-11H2,1-4H3,(H,18,22)/t13-,14+/m0/s1. The van der Waals surface area contributed by atoms with Crippen LogP contribution in [0.5, 0.6) is 0 Å². The van der Waals surface area contributed by atoms with E-state index in [2.05, 4.69) is 19.2 Å². The largest absolute Gasteiger partial charge is 0.468 e. The molecule has 0 aliphatic carbocycles. The number of likely N-dealkylation sites (tertiary alicyclic amines) is 1. The van der Waals surface area contributed by atoms with Gasteiger partial charge in [0.15, 0.2) is 0 Å². The Hall–Kier alpha value is -1.82. The van der Waals surface area contributed by atoms with Gasteiger partial charge in [-0.15, -0.1) is 0 Å². The topological polar surface area (TPSA) is 65.8 Å². The summed E-state index contributed by atoms with van der Waals surface area (Å²) < 4.78 is 5.44. The first kappa shape index (κ1) is 17.5. The second-order valence-corrected chi connectivity index (χ2v) is 6.83. The fourth-order valence-corrected chi connectivity index (χ4v) is 2.93. The Labute approximate surface area is 137 Å².